The van der Waals surface area contributed by atoms with Gasteiger partial charge in [0.05, 0.1) is 6.04 Å². The third-order valence-electron chi connectivity index (χ3n) is 6.36. The highest BCUT2D eigenvalue weighted by atomic mass is 16.4. The van der Waals surface area contributed by atoms with Crippen molar-refractivity contribution in [2.75, 3.05) is 6.54 Å². The number of nitrogens with two attached hydrogens (primary N) is 3. The lowest BCUT2D eigenvalue weighted by Crippen LogP contribution is -2.58. The van der Waals surface area contributed by atoms with Crippen molar-refractivity contribution in [2.45, 2.75) is 63.7 Å². The molecule has 0 aromatic heterocycles. The van der Waals surface area contributed by atoms with Crippen molar-refractivity contribution in [1.29, 1.82) is 0 Å². The fraction of sp³-hybridized carbons (Fsp3) is 0.414. The van der Waals surface area contributed by atoms with Crippen LogP contribution in [0.25, 0.3) is 0 Å². The number of carbonyl (C=O) groups excluding carboxylic acids is 3. The van der Waals surface area contributed by atoms with Gasteiger partial charge >= 0.3 is 5.97 Å². The molecule has 0 fully saturated rings. The van der Waals surface area contributed by atoms with Gasteiger partial charge in [0, 0.05) is 13.0 Å². The molecule has 0 radical (unpaired) electrons. The third-order valence-corrected chi connectivity index (χ3v) is 6.36. The summed E-state index contributed by atoms with van der Waals surface area (Å²) in [6, 6.07) is 14.0. The number of benzene rings is 2. The molecule has 4 atom stereocenters. The highest BCUT2D eigenvalue weighted by Gasteiger charge is 2.31. The molecule has 0 saturated heterocycles. The predicted molar refractivity (Wildman–Crippen MR) is 156 cm³/mol. The van der Waals surface area contributed by atoms with Crippen LogP contribution in [0.1, 0.15) is 37.8 Å². The maximum absolute atomic E-state index is 13.5. The van der Waals surface area contributed by atoms with Gasteiger partial charge in [-0.15, -0.1) is 0 Å². The summed E-state index contributed by atoms with van der Waals surface area (Å²) in [7, 11) is 0. The van der Waals surface area contributed by atoms with Gasteiger partial charge in [-0.2, -0.15) is 0 Å². The molecule has 2 aromatic carbocycles. The van der Waals surface area contributed by atoms with Crippen LogP contribution < -0.4 is 33.2 Å². The van der Waals surface area contributed by atoms with Gasteiger partial charge in [0.25, 0.3) is 0 Å². The number of hydrogen-bond donors (Lipinski definition) is 7. The van der Waals surface area contributed by atoms with E-state index in [4.69, 9.17) is 17.2 Å². The van der Waals surface area contributed by atoms with Crippen LogP contribution in [-0.4, -0.2) is 65.5 Å². The van der Waals surface area contributed by atoms with Crippen molar-refractivity contribution < 1.29 is 24.3 Å². The maximum atomic E-state index is 13.5. The lowest BCUT2D eigenvalue weighted by atomic mass is 10.0. The second-order valence-corrected chi connectivity index (χ2v) is 10.1. The SMILES string of the molecule is CC(C)C(NC(=O)C(Cc1ccccc1)NC(=O)C(CCCN=C(N)N)NC(=O)C(N)Cc1ccccc1)C(=O)O. The minimum atomic E-state index is -1.18. The molecule has 0 aliphatic heterocycles. The van der Waals surface area contributed by atoms with E-state index < -0.39 is 53.8 Å². The summed E-state index contributed by atoms with van der Waals surface area (Å²) in [5.74, 6) is -3.49. The highest BCUT2D eigenvalue weighted by Crippen LogP contribution is 2.09. The van der Waals surface area contributed by atoms with Crippen molar-refractivity contribution >= 4 is 29.7 Å². The van der Waals surface area contributed by atoms with Gasteiger partial charge in [0.2, 0.25) is 17.7 Å². The Labute approximate surface area is 240 Å². The van der Waals surface area contributed by atoms with Gasteiger partial charge in [-0.1, -0.05) is 74.5 Å². The Kier molecular flexibility index (Phi) is 13.3. The molecule has 2 rings (SSSR count). The Bertz CT molecular complexity index is 1170. The average molecular weight is 568 g/mol. The van der Waals surface area contributed by atoms with E-state index in [9.17, 15) is 24.3 Å². The molecule has 0 heterocycles. The molecule has 3 amide bonds. The molecule has 0 aliphatic rings. The van der Waals surface area contributed by atoms with E-state index in [2.05, 4.69) is 20.9 Å². The van der Waals surface area contributed by atoms with Crippen LogP contribution in [0.2, 0.25) is 0 Å². The minimum Gasteiger partial charge on any atom is -0.480 e. The van der Waals surface area contributed by atoms with Crippen LogP contribution in [0.4, 0.5) is 0 Å². The fourth-order valence-electron chi connectivity index (χ4n) is 4.11. The molecule has 12 heteroatoms. The van der Waals surface area contributed by atoms with E-state index in [1.54, 1.807) is 38.1 Å². The zero-order valence-electron chi connectivity index (χ0n) is 23.5. The number of rotatable bonds is 16. The van der Waals surface area contributed by atoms with Crippen molar-refractivity contribution in [3.05, 3.63) is 71.8 Å². The Morgan fingerprint density at radius 1 is 0.780 bits per heavy atom. The fourth-order valence-corrected chi connectivity index (χ4v) is 4.11. The average Bonchev–Trinajstić information content (AvgIpc) is 2.93. The Morgan fingerprint density at radius 2 is 1.29 bits per heavy atom. The molecule has 10 N–H and O–H groups in total. The smallest absolute Gasteiger partial charge is 0.326 e. The molecule has 12 nitrogen and oxygen atoms in total. The first-order chi connectivity index (χ1) is 19.5. The Morgan fingerprint density at radius 3 is 1.80 bits per heavy atom. The van der Waals surface area contributed by atoms with E-state index in [-0.39, 0.29) is 31.8 Å². The van der Waals surface area contributed by atoms with Crippen LogP contribution >= 0.6 is 0 Å². The summed E-state index contributed by atoms with van der Waals surface area (Å²) in [6.07, 6.45) is 0.884. The van der Waals surface area contributed by atoms with Crippen LogP contribution in [0.3, 0.4) is 0 Å². The standard InChI is InChI=1S/C29H41N7O5/c1-18(2)24(28(40)41)36-27(39)23(17-20-12-7-4-8-13-20)35-26(38)22(14-9-15-33-29(31)32)34-25(37)21(30)16-19-10-5-3-6-11-19/h3-8,10-13,18,21-24H,9,14-17,30H2,1-2H3,(H,34,37)(H,35,38)(H,36,39)(H,40,41)(H4,31,32,33). The normalized spacial score (nSPS) is 13.8. The van der Waals surface area contributed by atoms with Crippen molar-refractivity contribution in [3.63, 3.8) is 0 Å². The highest BCUT2D eigenvalue weighted by molar-refractivity contribution is 5.94. The first-order valence-corrected chi connectivity index (χ1v) is 13.5. The molecule has 4 unspecified atom stereocenters. The first-order valence-electron chi connectivity index (χ1n) is 13.5. The quantitative estimate of drug-likeness (QED) is 0.0833. The number of nitrogens with one attached hydrogen (secondary N) is 3. The van der Waals surface area contributed by atoms with E-state index in [1.807, 2.05) is 36.4 Å². The predicted octanol–water partition coefficient (Wildman–Crippen LogP) is 0.0477. The van der Waals surface area contributed by atoms with Gasteiger partial charge < -0.3 is 38.3 Å². The second kappa shape index (κ2) is 16.6. The van der Waals surface area contributed by atoms with Gasteiger partial charge in [0.15, 0.2) is 5.96 Å². The topological polar surface area (TPSA) is 215 Å². The molecule has 0 saturated carbocycles. The van der Waals surface area contributed by atoms with Crippen LogP contribution in [0, 0.1) is 5.92 Å². The van der Waals surface area contributed by atoms with E-state index in [0.29, 0.717) is 6.42 Å². The van der Waals surface area contributed by atoms with Gasteiger partial charge in [0.1, 0.15) is 18.1 Å². The molecule has 0 bridgehead atoms. The molecule has 0 aliphatic carbocycles. The molecular formula is C29H41N7O5. The zero-order chi connectivity index (χ0) is 30.4. The van der Waals surface area contributed by atoms with E-state index in [0.717, 1.165) is 11.1 Å². The Hall–Kier alpha value is -4.45. The molecule has 41 heavy (non-hydrogen) atoms. The molecule has 2 aromatic rings. The summed E-state index contributed by atoms with van der Waals surface area (Å²) < 4.78 is 0. The number of carboxylic acid groups (broad SMARTS) is 1. The number of nitrogens with zero attached hydrogens (tertiary/aromatic N) is 1. The number of amides is 3. The zero-order valence-corrected chi connectivity index (χ0v) is 23.5. The van der Waals surface area contributed by atoms with Crippen molar-refractivity contribution in [3.8, 4) is 0 Å². The first kappa shape index (κ1) is 32.8. The third kappa shape index (κ3) is 11.7. The number of aliphatic imine (C=N–C) groups is 1. The van der Waals surface area contributed by atoms with Crippen LogP contribution in [-0.2, 0) is 32.0 Å². The van der Waals surface area contributed by atoms with Crippen molar-refractivity contribution in [1.82, 2.24) is 16.0 Å². The molecule has 0 spiro atoms. The number of hydrogen-bond acceptors (Lipinski definition) is 6. The summed E-state index contributed by atoms with van der Waals surface area (Å²) in [5.41, 5.74) is 18.5. The van der Waals surface area contributed by atoms with Crippen molar-refractivity contribution in [2.24, 2.45) is 28.1 Å². The monoisotopic (exact) mass is 567 g/mol. The van der Waals surface area contributed by atoms with Crippen LogP contribution in [0.15, 0.2) is 65.7 Å². The summed E-state index contributed by atoms with van der Waals surface area (Å²) in [4.78, 5) is 55.4. The van der Waals surface area contributed by atoms with Gasteiger partial charge in [-0.05, 0) is 36.3 Å². The molecular weight excluding hydrogens is 526 g/mol. The van der Waals surface area contributed by atoms with Gasteiger partial charge in [-0.25, -0.2) is 4.79 Å². The number of guanidine groups is 1. The maximum Gasteiger partial charge on any atom is 0.326 e. The minimum absolute atomic E-state index is 0.0994. The van der Waals surface area contributed by atoms with E-state index in [1.165, 1.54) is 0 Å². The summed E-state index contributed by atoms with van der Waals surface area (Å²) in [6.45, 7) is 3.57. The Balaban J connectivity index is 2.23. The molecule has 222 valence electrons. The lowest BCUT2D eigenvalue weighted by molar-refractivity contribution is -0.143. The number of carboxylic acids is 1. The summed E-state index contributed by atoms with van der Waals surface area (Å²) >= 11 is 0. The number of carbonyl (C=O) groups is 4. The summed E-state index contributed by atoms with van der Waals surface area (Å²) in [5, 5.41) is 17.5. The largest absolute Gasteiger partial charge is 0.480 e. The van der Waals surface area contributed by atoms with E-state index >= 15 is 0 Å². The second-order valence-electron chi connectivity index (χ2n) is 10.1. The van der Waals surface area contributed by atoms with Gasteiger partial charge in [-0.3, -0.25) is 19.4 Å². The number of aliphatic carboxylic acids is 1. The lowest BCUT2D eigenvalue weighted by Gasteiger charge is -2.26. The van der Waals surface area contributed by atoms with Crippen LogP contribution in [0.5, 0.6) is 0 Å².